The Morgan fingerprint density at radius 1 is 1.20 bits per heavy atom. The number of fused-ring (bicyclic) bond motifs is 1. The second-order valence-corrected chi connectivity index (χ2v) is 7.02. The van der Waals surface area contributed by atoms with E-state index in [1.54, 1.807) is 12.4 Å². The van der Waals surface area contributed by atoms with Crippen LogP contribution in [0.1, 0.15) is 54.7 Å². The molecule has 2 heterocycles. The third kappa shape index (κ3) is 3.14. The van der Waals surface area contributed by atoms with Gasteiger partial charge in [0.15, 0.2) is 5.65 Å². The molecule has 4 rings (SSSR count). The van der Waals surface area contributed by atoms with Gasteiger partial charge in [0, 0.05) is 17.6 Å². The number of carbonyl (C=O) groups is 1. The van der Waals surface area contributed by atoms with E-state index in [0.29, 0.717) is 11.5 Å². The number of hydrogen-bond acceptors (Lipinski definition) is 3. The maximum atomic E-state index is 12.8. The van der Waals surface area contributed by atoms with Crippen molar-refractivity contribution in [2.75, 3.05) is 0 Å². The summed E-state index contributed by atoms with van der Waals surface area (Å²) in [7, 11) is 0. The van der Waals surface area contributed by atoms with Gasteiger partial charge in [-0.2, -0.15) is 5.10 Å². The van der Waals surface area contributed by atoms with Crippen LogP contribution in [0.5, 0.6) is 0 Å². The van der Waals surface area contributed by atoms with Crippen LogP contribution < -0.4 is 5.32 Å². The quantitative estimate of drug-likeness (QED) is 0.770. The largest absolute Gasteiger partial charge is 0.345 e. The molecule has 5 heteroatoms. The Kier molecular flexibility index (Phi) is 3.99. The highest BCUT2D eigenvalue weighted by atomic mass is 16.1. The third-order valence-electron chi connectivity index (χ3n) is 4.72. The minimum atomic E-state index is -0.0764. The lowest BCUT2D eigenvalue weighted by molar-refractivity contribution is 0.0931. The predicted molar refractivity (Wildman–Crippen MR) is 97.3 cm³/mol. The van der Waals surface area contributed by atoms with E-state index in [1.807, 2.05) is 28.9 Å². The van der Waals surface area contributed by atoms with E-state index in [0.717, 1.165) is 23.9 Å². The summed E-state index contributed by atoms with van der Waals surface area (Å²) in [5.74, 6) is 0.458. The van der Waals surface area contributed by atoms with Crippen molar-refractivity contribution >= 4 is 16.9 Å². The predicted octanol–water partition coefficient (Wildman–Crippen LogP) is 3.89. The molecule has 1 saturated carbocycles. The highest BCUT2D eigenvalue weighted by Crippen LogP contribution is 2.41. The van der Waals surface area contributed by atoms with Gasteiger partial charge in [-0.1, -0.05) is 30.3 Å². The van der Waals surface area contributed by atoms with Gasteiger partial charge in [0.05, 0.1) is 17.8 Å². The molecule has 2 aromatic heterocycles. The zero-order chi connectivity index (χ0) is 17.4. The fourth-order valence-corrected chi connectivity index (χ4v) is 3.23. The Hall–Kier alpha value is -2.69. The minimum absolute atomic E-state index is 0.0720. The molecule has 1 aromatic carbocycles. The first-order valence-corrected chi connectivity index (χ1v) is 8.82. The van der Waals surface area contributed by atoms with Crippen LogP contribution in [0, 0.1) is 5.92 Å². The fraction of sp³-hybridized carbons (Fsp3) is 0.350. The lowest BCUT2D eigenvalue weighted by atomic mass is 10.0. The maximum absolute atomic E-state index is 12.8. The number of rotatable bonds is 5. The Morgan fingerprint density at radius 2 is 1.96 bits per heavy atom. The monoisotopic (exact) mass is 334 g/mol. The van der Waals surface area contributed by atoms with Gasteiger partial charge in [0.2, 0.25) is 0 Å². The average molecular weight is 334 g/mol. The second-order valence-electron chi connectivity index (χ2n) is 7.02. The fourth-order valence-electron chi connectivity index (χ4n) is 3.23. The Balaban J connectivity index is 1.59. The van der Waals surface area contributed by atoms with Crippen molar-refractivity contribution < 1.29 is 4.79 Å². The average Bonchev–Trinajstić information content (AvgIpc) is 3.37. The van der Waals surface area contributed by atoms with Gasteiger partial charge in [-0.05, 0) is 44.2 Å². The summed E-state index contributed by atoms with van der Waals surface area (Å²) in [6.45, 7) is 4.13. The molecule has 1 amide bonds. The van der Waals surface area contributed by atoms with Gasteiger partial charge in [0.1, 0.15) is 0 Å². The Labute approximate surface area is 147 Å². The van der Waals surface area contributed by atoms with Crippen molar-refractivity contribution in [3.05, 3.63) is 59.9 Å². The first-order valence-electron chi connectivity index (χ1n) is 8.82. The molecule has 1 N–H and O–H groups in total. The van der Waals surface area contributed by atoms with Crippen LogP contribution in [0.4, 0.5) is 0 Å². The SMILES string of the molecule is CC(C)n1ncc2cc(C(=O)NC(c3ccccc3)C3CC3)cnc21. The summed E-state index contributed by atoms with van der Waals surface area (Å²) in [5, 5.41) is 8.46. The van der Waals surface area contributed by atoms with Gasteiger partial charge in [-0.25, -0.2) is 9.67 Å². The number of nitrogens with one attached hydrogen (secondary N) is 1. The molecule has 1 fully saturated rings. The van der Waals surface area contributed by atoms with Gasteiger partial charge < -0.3 is 5.32 Å². The van der Waals surface area contributed by atoms with E-state index in [2.05, 4.69) is 41.4 Å². The van der Waals surface area contributed by atoms with Crippen LogP contribution in [-0.4, -0.2) is 20.7 Å². The first-order chi connectivity index (χ1) is 12.1. The number of nitrogens with zero attached hydrogens (tertiary/aromatic N) is 3. The van der Waals surface area contributed by atoms with Crippen LogP contribution >= 0.6 is 0 Å². The molecule has 128 valence electrons. The molecule has 0 spiro atoms. The van der Waals surface area contributed by atoms with Crippen LogP contribution in [0.15, 0.2) is 48.8 Å². The molecular formula is C20H22N4O. The van der Waals surface area contributed by atoms with E-state index < -0.39 is 0 Å². The number of aromatic nitrogens is 3. The summed E-state index contributed by atoms with van der Waals surface area (Å²) in [5.41, 5.74) is 2.56. The van der Waals surface area contributed by atoms with E-state index in [9.17, 15) is 4.79 Å². The number of hydrogen-bond donors (Lipinski definition) is 1. The van der Waals surface area contributed by atoms with Crippen LogP contribution in [0.25, 0.3) is 11.0 Å². The summed E-state index contributed by atoms with van der Waals surface area (Å²) in [6, 6.07) is 12.4. The van der Waals surface area contributed by atoms with E-state index in [1.165, 1.54) is 5.56 Å². The number of pyridine rings is 1. The molecule has 0 bridgehead atoms. The van der Waals surface area contributed by atoms with Crippen molar-refractivity contribution in [2.24, 2.45) is 5.92 Å². The van der Waals surface area contributed by atoms with Crippen molar-refractivity contribution in [3.8, 4) is 0 Å². The zero-order valence-corrected chi connectivity index (χ0v) is 14.5. The van der Waals surface area contributed by atoms with Gasteiger partial charge in [0.25, 0.3) is 5.91 Å². The summed E-state index contributed by atoms with van der Waals surface area (Å²) in [6.07, 6.45) is 5.75. The molecule has 1 aliphatic rings. The number of amides is 1. The Bertz CT molecular complexity index is 896. The van der Waals surface area contributed by atoms with E-state index >= 15 is 0 Å². The molecular weight excluding hydrogens is 312 g/mol. The van der Waals surface area contributed by atoms with Crippen molar-refractivity contribution in [3.63, 3.8) is 0 Å². The number of benzene rings is 1. The summed E-state index contributed by atoms with van der Waals surface area (Å²) >= 11 is 0. The molecule has 3 aromatic rings. The normalized spacial score (nSPS) is 15.5. The lowest BCUT2D eigenvalue weighted by Crippen LogP contribution is -2.30. The molecule has 0 aliphatic heterocycles. The molecule has 1 unspecified atom stereocenters. The molecule has 0 radical (unpaired) electrons. The molecule has 5 nitrogen and oxygen atoms in total. The third-order valence-corrected chi connectivity index (χ3v) is 4.72. The lowest BCUT2D eigenvalue weighted by Gasteiger charge is -2.18. The van der Waals surface area contributed by atoms with E-state index in [4.69, 9.17) is 0 Å². The first kappa shape index (κ1) is 15.8. The smallest absolute Gasteiger partial charge is 0.253 e. The molecule has 0 saturated heterocycles. The second kappa shape index (κ2) is 6.31. The van der Waals surface area contributed by atoms with Gasteiger partial charge >= 0.3 is 0 Å². The number of carbonyl (C=O) groups excluding carboxylic acids is 1. The minimum Gasteiger partial charge on any atom is -0.345 e. The van der Waals surface area contributed by atoms with Crippen molar-refractivity contribution in [1.82, 2.24) is 20.1 Å². The standard InChI is InChI=1S/C20H22N4O/c1-13(2)24-19-16(12-22-24)10-17(11-21-19)20(25)23-18(15-8-9-15)14-6-4-3-5-7-14/h3-7,10-13,15,18H,8-9H2,1-2H3,(H,23,25). The summed E-state index contributed by atoms with van der Waals surface area (Å²) < 4.78 is 1.87. The van der Waals surface area contributed by atoms with Crippen LogP contribution in [-0.2, 0) is 0 Å². The topological polar surface area (TPSA) is 59.8 Å². The van der Waals surface area contributed by atoms with Gasteiger partial charge in [-0.3, -0.25) is 4.79 Å². The van der Waals surface area contributed by atoms with Gasteiger partial charge in [-0.15, -0.1) is 0 Å². The van der Waals surface area contributed by atoms with Crippen molar-refractivity contribution in [1.29, 1.82) is 0 Å². The van der Waals surface area contributed by atoms with Crippen LogP contribution in [0.3, 0.4) is 0 Å². The molecule has 1 atom stereocenters. The van der Waals surface area contributed by atoms with Crippen molar-refractivity contribution in [2.45, 2.75) is 38.8 Å². The highest BCUT2D eigenvalue weighted by Gasteiger charge is 2.33. The maximum Gasteiger partial charge on any atom is 0.253 e. The highest BCUT2D eigenvalue weighted by molar-refractivity contribution is 5.97. The molecule has 1 aliphatic carbocycles. The van der Waals surface area contributed by atoms with E-state index in [-0.39, 0.29) is 18.0 Å². The zero-order valence-electron chi connectivity index (χ0n) is 14.5. The molecule has 25 heavy (non-hydrogen) atoms. The summed E-state index contributed by atoms with van der Waals surface area (Å²) in [4.78, 5) is 17.2. The van der Waals surface area contributed by atoms with Crippen LogP contribution in [0.2, 0.25) is 0 Å². The Morgan fingerprint density at radius 3 is 2.64 bits per heavy atom.